The number of hydrogen-bond donors (Lipinski definition) is 4. The molecule has 0 radical (unpaired) electrons. The lowest BCUT2D eigenvalue weighted by Gasteiger charge is -2.21. The van der Waals surface area contributed by atoms with Gasteiger partial charge in [0.2, 0.25) is 0 Å². The van der Waals surface area contributed by atoms with Crippen molar-refractivity contribution in [1.29, 1.82) is 5.26 Å². The topological polar surface area (TPSA) is 154 Å². The Labute approximate surface area is 223 Å². The van der Waals surface area contributed by atoms with Gasteiger partial charge in [-0.1, -0.05) is 23.7 Å². The molecule has 37 heavy (non-hydrogen) atoms. The van der Waals surface area contributed by atoms with Gasteiger partial charge >= 0.3 is 0 Å². The van der Waals surface area contributed by atoms with Crippen LogP contribution in [0.25, 0.3) is 22.4 Å². The Balaban J connectivity index is 0.00000380. The molecule has 0 fully saturated rings. The van der Waals surface area contributed by atoms with Crippen molar-refractivity contribution in [3.8, 4) is 34.2 Å². The number of anilines is 2. The largest absolute Gasteiger partial charge is 0.507 e. The molecule has 4 rings (SSSR count). The third kappa shape index (κ3) is 6.08. The van der Waals surface area contributed by atoms with Crippen LogP contribution in [-0.4, -0.2) is 27.9 Å². The number of halogens is 2. The molecule has 4 aromatic rings. The van der Waals surface area contributed by atoms with Crippen LogP contribution in [0.1, 0.15) is 23.0 Å². The third-order valence-electron chi connectivity index (χ3n) is 5.18. The second-order valence-corrected chi connectivity index (χ2v) is 8.53. The number of pyridine rings is 1. The summed E-state index contributed by atoms with van der Waals surface area (Å²) in [4.78, 5) is 28.4. The zero-order valence-corrected chi connectivity index (χ0v) is 20.9. The van der Waals surface area contributed by atoms with Crippen LogP contribution in [0.2, 0.25) is 5.02 Å². The van der Waals surface area contributed by atoms with Crippen molar-refractivity contribution < 1.29 is 19.1 Å². The Bertz CT molecular complexity index is 1500. The number of rotatable bonds is 7. The van der Waals surface area contributed by atoms with Crippen LogP contribution in [0.15, 0.2) is 71.3 Å². The van der Waals surface area contributed by atoms with Crippen LogP contribution in [0, 0.1) is 11.3 Å². The first kappa shape index (κ1) is 27.2. The quantitative estimate of drug-likeness (QED) is 0.185. The Hall–Kier alpha value is -4.36. The average molecular weight is 538 g/mol. The number of nitrogens with one attached hydrogen (secondary N) is 2. The summed E-state index contributed by atoms with van der Waals surface area (Å²) in [6.45, 7) is 1.52. The Morgan fingerprint density at radius 3 is 2.62 bits per heavy atom. The van der Waals surface area contributed by atoms with Crippen LogP contribution in [-0.2, 0) is 4.79 Å². The van der Waals surface area contributed by atoms with E-state index in [1.165, 1.54) is 25.3 Å². The molecule has 188 valence electrons. The first-order valence-electron chi connectivity index (χ1n) is 10.6. The summed E-state index contributed by atoms with van der Waals surface area (Å²) in [5, 5.41) is 26.4. The lowest BCUT2D eigenvalue weighted by atomic mass is 9.97. The highest BCUT2D eigenvalue weighted by Gasteiger charge is 2.21. The van der Waals surface area contributed by atoms with E-state index in [0.717, 1.165) is 0 Å². The molecular weight excluding hydrogens is 517 g/mol. The third-order valence-corrected chi connectivity index (χ3v) is 5.41. The van der Waals surface area contributed by atoms with Gasteiger partial charge in [-0.05, 0) is 61.0 Å². The maximum atomic E-state index is 12.7. The summed E-state index contributed by atoms with van der Waals surface area (Å²) in [6, 6.07) is 18.2. The summed E-state index contributed by atoms with van der Waals surface area (Å²) in [7, 11) is 0. The number of aromatic nitrogens is 1. The number of nitrogens with zero attached hydrogens (tertiary/aromatic N) is 2. The molecule has 0 saturated carbocycles. The molecule has 0 saturated heterocycles. The van der Waals surface area contributed by atoms with E-state index >= 15 is 0 Å². The van der Waals surface area contributed by atoms with E-state index in [4.69, 9.17) is 21.8 Å². The zero-order chi connectivity index (χ0) is 25.9. The van der Waals surface area contributed by atoms with Gasteiger partial charge in [-0.15, -0.1) is 12.4 Å². The van der Waals surface area contributed by atoms with E-state index < -0.39 is 11.6 Å². The molecule has 2 aromatic heterocycles. The van der Waals surface area contributed by atoms with E-state index in [2.05, 4.69) is 21.7 Å². The number of nitrogens with two attached hydrogens (primary N) is 1. The summed E-state index contributed by atoms with van der Waals surface area (Å²) in [5.74, 6) is -0.734. The van der Waals surface area contributed by atoms with Gasteiger partial charge in [0.1, 0.15) is 23.0 Å². The van der Waals surface area contributed by atoms with Gasteiger partial charge in [0, 0.05) is 21.8 Å². The zero-order valence-electron chi connectivity index (χ0n) is 19.4. The van der Waals surface area contributed by atoms with Crippen LogP contribution in [0.4, 0.5) is 11.5 Å². The lowest BCUT2D eigenvalue weighted by molar-refractivity contribution is -0.111. The highest BCUT2D eigenvalue weighted by Crippen LogP contribution is 2.37. The minimum Gasteiger partial charge on any atom is -0.507 e. The van der Waals surface area contributed by atoms with Gasteiger partial charge in [-0.25, -0.2) is 4.98 Å². The molecule has 11 heteroatoms. The smallest absolute Gasteiger partial charge is 0.292 e. The van der Waals surface area contributed by atoms with Crippen LogP contribution in [0.5, 0.6) is 5.75 Å². The van der Waals surface area contributed by atoms with Crippen molar-refractivity contribution in [2.45, 2.75) is 12.6 Å². The van der Waals surface area contributed by atoms with Crippen molar-refractivity contribution in [2.24, 2.45) is 5.73 Å². The number of carbonyl (C=O) groups is 2. The fraction of sp³-hybridized carbons (Fsp3) is 0.0769. The number of phenols is 1. The lowest BCUT2D eigenvalue weighted by Crippen LogP contribution is -2.46. The molecule has 2 aromatic carbocycles. The molecule has 0 bridgehead atoms. The summed E-state index contributed by atoms with van der Waals surface area (Å²) < 4.78 is 5.15. The summed E-state index contributed by atoms with van der Waals surface area (Å²) in [5.41, 5.74) is 6.82. The standard InChI is InChI=1S/C26H20ClN5O4.ClH/c1-26(29,14-33)32-17-5-2-4-15(10-17)19-12-21(18-8-7-16(27)11-22(18)34)30-24(20(19)13-28)31-25(35)23-6-3-9-36-23;/h2-12,14,32,34H,29H2,1H3,(H,30,31,35);1H/t26-;/m0./s1. The monoisotopic (exact) mass is 537 g/mol. The molecule has 0 aliphatic carbocycles. The van der Waals surface area contributed by atoms with Gasteiger partial charge in [0.05, 0.1) is 12.0 Å². The molecule has 2 heterocycles. The van der Waals surface area contributed by atoms with Gasteiger partial charge in [0.25, 0.3) is 5.91 Å². The van der Waals surface area contributed by atoms with Gasteiger partial charge in [0.15, 0.2) is 17.9 Å². The minimum absolute atomic E-state index is 0. The number of carbonyl (C=O) groups excluding carboxylic acids is 2. The number of amides is 1. The number of nitriles is 1. The maximum Gasteiger partial charge on any atom is 0.292 e. The van der Waals surface area contributed by atoms with E-state index in [1.807, 2.05) is 0 Å². The number of benzene rings is 2. The Morgan fingerprint density at radius 1 is 1.19 bits per heavy atom. The summed E-state index contributed by atoms with van der Waals surface area (Å²) >= 11 is 5.99. The normalized spacial score (nSPS) is 11.9. The minimum atomic E-state index is -1.31. The molecule has 0 spiro atoms. The van der Waals surface area contributed by atoms with Crippen molar-refractivity contribution in [3.05, 3.63) is 83.3 Å². The molecule has 0 aliphatic heterocycles. The van der Waals surface area contributed by atoms with Crippen molar-refractivity contribution >= 4 is 47.7 Å². The van der Waals surface area contributed by atoms with Crippen LogP contribution in [0.3, 0.4) is 0 Å². The van der Waals surface area contributed by atoms with E-state index in [-0.39, 0.29) is 41.0 Å². The number of aromatic hydroxyl groups is 1. The highest BCUT2D eigenvalue weighted by molar-refractivity contribution is 6.30. The Kier molecular flexibility index (Phi) is 8.20. The molecule has 1 atom stereocenters. The second-order valence-electron chi connectivity index (χ2n) is 8.09. The second kappa shape index (κ2) is 11.1. The summed E-state index contributed by atoms with van der Waals surface area (Å²) in [6.07, 6.45) is 1.93. The predicted molar refractivity (Wildman–Crippen MR) is 143 cm³/mol. The van der Waals surface area contributed by atoms with Crippen molar-refractivity contribution in [1.82, 2.24) is 4.98 Å². The number of phenolic OH excluding ortho intramolecular Hbond substituents is 1. The fourth-order valence-electron chi connectivity index (χ4n) is 3.52. The molecular formula is C26H21Cl2N5O4. The molecule has 1 amide bonds. The van der Waals surface area contributed by atoms with Gasteiger partial charge in [-0.2, -0.15) is 5.26 Å². The van der Waals surface area contributed by atoms with Gasteiger partial charge in [-0.3, -0.25) is 9.59 Å². The fourth-order valence-corrected chi connectivity index (χ4v) is 3.68. The van der Waals surface area contributed by atoms with Crippen molar-refractivity contribution in [2.75, 3.05) is 10.6 Å². The molecule has 5 N–H and O–H groups in total. The molecule has 0 unspecified atom stereocenters. The first-order chi connectivity index (χ1) is 17.2. The van der Waals surface area contributed by atoms with Crippen LogP contribution < -0.4 is 16.4 Å². The van der Waals surface area contributed by atoms with Crippen molar-refractivity contribution in [3.63, 3.8) is 0 Å². The van der Waals surface area contributed by atoms with E-state index in [9.17, 15) is 20.0 Å². The SMILES string of the molecule is C[C@@](N)(C=O)Nc1cccc(-c2cc(-c3ccc(Cl)cc3O)nc(NC(=O)c3ccco3)c2C#N)c1.Cl. The van der Waals surface area contributed by atoms with E-state index in [0.29, 0.717) is 33.7 Å². The predicted octanol–water partition coefficient (Wildman–Crippen LogP) is 5.20. The first-order valence-corrected chi connectivity index (χ1v) is 11.0. The maximum absolute atomic E-state index is 12.7. The Morgan fingerprint density at radius 2 is 1.97 bits per heavy atom. The average Bonchev–Trinajstić information content (AvgIpc) is 3.39. The number of aldehydes is 1. The molecule has 9 nitrogen and oxygen atoms in total. The van der Waals surface area contributed by atoms with Crippen LogP contribution >= 0.6 is 24.0 Å². The number of hydrogen-bond acceptors (Lipinski definition) is 8. The highest BCUT2D eigenvalue weighted by atomic mass is 35.5. The van der Waals surface area contributed by atoms with Gasteiger partial charge < -0.3 is 25.9 Å². The number of furan rings is 1. The molecule has 0 aliphatic rings. The van der Waals surface area contributed by atoms with E-state index in [1.54, 1.807) is 48.5 Å².